The van der Waals surface area contributed by atoms with Crippen molar-refractivity contribution in [1.82, 2.24) is 9.21 Å². The van der Waals surface area contributed by atoms with Gasteiger partial charge in [-0.1, -0.05) is 25.1 Å². The number of nitrogens with one attached hydrogen (secondary N) is 1. The molecule has 13 heteroatoms. The quantitative estimate of drug-likeness (QED) is 0.456. The lowest BCUT2D eigenvalue weighted by molar-refractivity contribution is -0.00833. The Bertz CT molecular complexity index is 1400. The third-order valence-electron chi connectivity index (χ3n) is 7.24. The molecule has 2 aromatic carbocycles. The second-order valence-electron chi connectivity index (χ2n) is 11.0. The van der Waals surface area contributed by atoms with Crippen molar-refractivity contribution in [3.05, 3.63) is 54.1 Å². The van der Waals surface area contributed by atoms with Gasteiger partial charge in [0.25, 0.3) is 5.91 Å². The summed E-state index contributed by atoms with van der Waals surface area (Å²) in [5.74, 6) is -0.475. The number of rotatable bonds is 8. The highest BCUT2D eigenvalue weighted by Crippen LogP contribution is 2.29. The molecule has 0 fully saturated rings. The van der Waals surface area contributed by atoms with Crippen molar-refractivity contribution in [2.75, 3.05) is 44.3 Å². The summed E-state index contributed by atoms with van der Waals surface area (Å²) in [6.45, 7) is 5.77. The van der Waals surface area contributed by atoms with Gasteiger partial charge >= 0.3 is 0 Å². The highest BCUT2D eigenvalue weighted by Gasteiger charge is 2.32. The van der Waals surface area contributed by atoms with E-state index < -0.39 is 38.1 Å². The molecule has 2 aromatic rings. The maximum Gasteiger partial charge on any atom is 0.258 e. The molecule has 0 radical (unpaired) electrons. The maximum atomic E-state index is 14.1. The Morgan fingerprint density at radius 2 is 1.79 bits per heavy atom. The maximum absolute atomic E-state index is 14.1. The minimum atomic E-state index is -3.77. The number of fused-ring (bicyclic) bond motifs is 1. The lowest BCUT2D eigenvalue weighted by Crippen LogP contribution is -2.48. The predicted octanol–water partition coefficient (Wildman–Crippen LogP) is 3.17. The molecule has 0 aliphatic carbocycles. The summed E-state index contributed by atoms with van der Waals surface area (Å²) in [6, 6.07) is 12.1. The van der Waals surface area contributed by atoms with Crippen molar-refractivity contribution in [2.45, 2.75) is 63.2 Å². The third-order valence-corrected chi connectivity index (χ3v) is 9.69. The summed E-state index contributed by atoms with van der Waals surface area (Å²) in [6.07, 6.45) is 2.42. The average Bonchev–Trinajstić information content (AvgIpc) is 2.94. The summed E-state index contributed by atoms with van der Waals surface area (Å²) in [7, 11) is -5.87. The first kappa shape index (κ1) is 33.8. The first-order valence-electron chi connectivity index (χ1n) is 14.1. The van der Waals surface area contributed by atoms with Gasteiger partial charge in [0.1, 0.15) is 5.75 Å². The number of hydrogen-bond donors (Lipinski definition) is 2. The van der Waals surface area contributed by atoms with Gasteiger partial charge in [-0.3, -0.25) is 9.52 Å². The largest absolute Gasteiger partial charge is 0.490 e. The smallest absolute Gasteiger partial charge is 0.258 e. The number of carbonyl (C=O) groups is 1. The van der Waals surface area contributed by atoms with Crippen molar-refractivity contribution in [3.63, 3.8) is 0 Å². The van der Waals surface area contributed by atoms with E-state index in [0.717, 1.165) is 19.1 Å². The first-order valence-corrected chi connectivity index (χ1v) is 17.4. The molecule has 0 spiro atoms. The summed E-state index contributed by atoms with van der Waals surface area (Å²) in [5, 5.41) is 10.1. The zero-order valence-electron chi connectivity index (χ0n) is 24.9. The Morgan fingerprint density at radius 3 is 2.43 bits per heavy atom. The molecule has 1 aliphatic rings. The van der Waals surface area contributed by atoms with Crippen LogP contribution in [0.2, 0.25) is 0 Å². The minimum Gasteiger partial charge on any atom is -0.490 e. The van der Waals surface area contributed by atoms with Gasteiger partial charge in [0.05, 0.1) is 41.6 Å². The van der Waals surface area contributed by atoms with Gasteiger partial charge in [-0.05, 0) is 63.4 Å². The first-order chi connectivity index (χ1) is 19.7. The van der Waals surface area contributed by atoms with Crippen LogP contribution in [0, 0.1) is 5.92 Å². The van der Waals surface area contributed by atoms with Crippen LogP contribution in [-0.4, -0.2) is 94.9 Å². The number of carbonyl (C=O) groups excluding carboxylic acids is 1. The number of anilines is 1. The van der Waals surface area contributed by atoms with E-state index in [2.05, 4.69) is 4.72 Å². The molecule has 42 heavy (non-hydrogen) atoms. The number of sulfonamides is 2. The number of aliphatic hydroxyl groups excluding tert-OH is 1. The summed E-state index contributed by atoms with van der Waals surface area (Å²) in [5.41, 5.74) is 0.363. The number of likely N-dealkylation sites (N-methyl/N-ethyl adjacent to an activating group) is 1. The van der Waals surface area contributed by atoms with Crippen molar-refractivity contribution in [2.24, 2.45) is 5.92 Å². The van der Waals surface area contributed by atoms with E-state index in [1.807, 2.05) is 13.8 Å². The fourth-order valence-electron chi connectivity index (χ4n) is 4.79. The summed E-state index contributed by atoms with van der Waals surface area (Å²) < 4.78 is 66.4. The Balaban J connectivity index is 1.98. The standard InChI is InChI=1S/C29H43N3O8S2/c1-21-18-32(22(2)20-33)29(34)26-17-24(30-41(5,35)36)14-15-27(26)40-23(3)11-9-10-16-39-28(21)19-31(4)42(37,38)25-12-7-6-8-13-25/h6-8,12-15,17,21-23,28,30,33H,9-11,16,18-20H2,1-5H3/t21-,22+,23+,28+/m0/s1. The molecule has 0 saturated heterocycles. The molecule has 0 unspecified atom stereocenters. The van der Waals surface area contributed by atoms with E-state index in [1.54, 1.807) is 49.4 Å². The van der Waals surface area contributed by atoms with Crippen LogP contribution in [0.1, 0.15) is 50.4 Å². The van der Waals surface area contributed by atoms with Gasteiger partial charge in [0.2, 0.25) is 20.0 Å². The topological polar surface area (TPSA) is 143 Å². The van der Waals surface area contributed by atoms with Crippen LogP contribution >= 0.6 is 0 Å². The normalized spacial score (nSPS) is 22.1. The molecule has 234 valence electrons. The zero-order chi connectivity index (χ0) is 31.1. The number of aliphatic hydroxyl groups is 1. The van der Waals surface area contributed by atoms with E-state index in [-0.39, 0.29) is 47.9 Å². The SMILES string of the molecule is C[C@@H]1CCCCO[C@H](CN(C)S(=O)(=O)c2ccccc2)[C@@H](C)CN([C@H](C)CO)C(=O)c2cc(NS(C)(=O)=O)ccc2O1. The molecule has 1 amide bonds. The third kappa shape index (κ3) is 9.14. The van der Waals surface area contributed by atoms with E-state index >= 15 is 0 Å². The lowest BCUT2D eigenvalue weighted by Gasteiger charge is -2.35. The van der Waals surface area contributed by atoms with Crippen molar-refractivity contribution >= 4 is 31.6 Å². The summed E-state index contributed by atoms with van der Waals surface area (Å²) >= 11 is 0. The Labute approximate surface area is 249 Å². The van der Waals surface area contributed by atoms with Crippen LogP contribution in [0.25, 0.3) is 0 Å². The highest BCUT2D eigenvalue weighted by molar-refractivity contribution is 7.92. The Kier molecular flexibility index (Phi) is 11.8. The number of ether oxygens (including phenoxy) is 2. The fraction of sp³-hybridized carbons (Fsp3) is 0.552. The fourth-order valence-corrected chi connectivity index (χ4v) is 6.55. The van der Waals surface area contributed by atoms with Gasteiger partial charge in [0.15, 0.2) is 0 Å². The highest BCUT2D eigenvalue weighted by atomic mass is 32.2. The van der Waals surface area contributed by atoms with Gasteiger partial charge in [-0.15, -0.1) is 0 Å². The Hall–Kier alpha value is -2.71. The Morgan fingerprint density at radius 1 is 1.10 bits per heavy atom. The molecule has 11 nitrogen and oxygen atoms in total. The zero-order valence-corrected chi connectivity index (χ0v) is 26.5. The van der Waals surface area contributed by atoms with Crippen LogP contribution in [0.15, 0.2) is 53.4 Å². The number of amides is 1. The van der Waals surface area contributed by atoms with E-state index in [4.69, 9.17) is 9.47 Å². The van der Waals surface area contributed by atoms with Crippen LogP contribution < -0.4 is 9.46 Å². The predicted molar refractivity (Wildman–Crippen MR) is 162 cm³/mol. The molecule has 3 rings (SSSR count). The van der Waals surface area contributed by atoms with E-state index in [1.165, 1.54) is 22.3 Å². The molecular formula is C29H43N3O8S2. The molecule has 1 heterocycles. The lowest BCUT2D eigenvalue weighted by atomic mass is 10.0. The van der Waals surface area contributed by atoms with Gasteiger partial charge < -0.3 is 19.5 Å². The van der Waals surface area contributed by atoms with Crippen LogP contribution in [0.5, 0.6) is 5.75 Å². The van der Waals surface area contributed by atoms with E-state index in [9.17, 15) is 26.7 Å². The molecule has 0 saturated carbocycles. The minimum absolute atomic E-state index is 0.0620. The van der Waals surface area contributed by atoms with Crippen molar-refractivity contribution < 1.29 is 36.2 Å². The molecule has 2 N–H and O–H groups in total. The van der Waals surface area contributed by atoms with Crippen LogP contribution in [0.4, 0.5) is 5.69 Å². The molecule has 0 aromatic heterocycles. The van der Waals surface area contributed by atoms with Gasteiger partial charge in [-0.25, -0.2) is 16.8 Å². The molecule has 4 atom stereocenters. The molecule has 0 bridgehead atoms. The van der Waals surface area contributed by atoms with E-state index in [0.29, 0.717) is 18.8 Å². The number of hydrogen-bond acceptors (Lipinski definition) is 8. The average molecular weight is 626 g/mol. The van der Waals surface area contributed by atoms with Crippen molar-refractivity contribution in [3.8, 4) is 5.75 Å². The number of nitrogens with zero attached hydrogens (tertiary/aromatic N) is 2. The van der Waals surface area contributed by atoms with Gasteiger partial charge in [0, 0.05) is 38.3 Å². The second kappa shape index (κ2) is 14.6. The molecule has 1 aliphatic heterocycles. The monoisotopic (exact) mass is 625 g/mol. The van der Waals surface area contributed by atoms with Gasteiger partial charge in [-0.2, -0.15) is 4.31 Å². The van der Waals surface area contributed by atoms with Crippen LogP contribution in [0.3, 0.4) is 0 Å². The molecular weight excluding hydrogens is 582 g/mol. The number of benzene rings is 2. The second-order valence-corrected chi connectivity index (χ2v) is 14.8. The van der Waals surface area contributed by atoms with Crippen LogP contribution in [-0.2, 0) is 24.8 Å². The summed E-state index contributed by atoms with van der Waals surface area (Å²) in [4.78, 5) is 15.7. The van der Waals surface area contributed by atoms with Crippen molar-refractivity contribution in [1.29, 1.82) is 0 Å².